The zero-order valence-electron chi connectivity index (χ0n) is 10.2. The van der Waals surface area contributed by atoms with Crippen LogP contribution in [0.25, 0.3) is 0 Å². The normalized spacial score (nSPS) is 16.5. The van der Waals surface area contributed by atoms with Crippen molar-refractivity contribution < 1.29 is 14.3 Å². The van der Waals surface area contributed by atoms with E-state index in [-0.39, 0.29) is 11.8 Å². The van der Waals surface area contributed by atoms with Gasteiger partial charge in [-0.25, -0.2) is 9.69 Å². The molecule has 1 atom stereocenters. The van der Waals surface area contributed by atoms with Crippen LogP contribution in [0.15, 0.2) is 35.2 Å². The fraction of sp³-hybridized carbons (Fsp3) is 0.385. The number of benzene rings is 1. The summed E-state index contributed by atoms with van der Waals surface area (Å²) in [6.07, 6.45) is -0.517. The van der Waals surface area contributed by atoms with Crippen LogP contribution in [0.5, 0.6) is 0 Å². The number of imide groups is 1. The van der Waals surface area contributed by atoms with Crippen molar-refractivity contribution in [1.29, 1.82) is 0 Å². The molecule has 4 nitrogen and oxygen atoms in total. The van der Waals surface area contributed by atoms with E-state index in [9.17, 15) is 9.59 Å². The van der Waals surface area contributed by atoms with Gasteiger partial charge in [0.1, 0.15) is 6.61 Å². The number of hydrogen-bond acceptors (Lipinski definition) is 4. The SMILES string of the molecule is C[C@@H](CSc1ccccc1)C(=O)N1CCOC1=O. The van der Waals surface area contributed by atoms with E-state index >= 15 is 0 Å². The lowest BCUT2D eigenvalue weighted by atomic mass is 10.2. The number of thioether (sulfide) groups is 1. The summed E-state index contributed by atoms with van der Waals surface area (Å²) in [4.78, 5) is 25.6. The van der Waals surface area contributed by atoms with Crippen LogP contribution in [0.4, 0.5) is 4.79 Å². The van der Waals surface area contributed by atoms with Crippen molar-refractivity contribution in [3.8, 4) is 0 Å². The highest BCUT2D eigenvalue weighted by molar-refractivity contribution is 7.99. The third-order valence-electron chi connectivity index (χ3n) is 2.69. The van der Waals surface area contributed by atoms with Gasteiger partial charge < -0.3 is 4.74 Å². The van der Waals surface area contributed by atoms with Gasteiger partial charge in [0.15, 0.2) is 0 Å². The molecular weight excluding hydrogens is 250 g/mol. The molecule has 0 aromatic heterocycles. The minimum atomic E-state index is -0.517. The second-order valence-electron chi connectivity index (χ2n) is 4.13. The number of rotatable bonds is 4. The first-order valence-corrected chi connectivity index (χ1v) is 6.83. The lowest BCUT2D eigenvalue weighted by Crippen LogP contribution is -2.36. The number of nitrogens with zero attached hydrogens (tertiary/aromatic N) is 1. The lowest BCUT2D eigenvalue weighted by Gasteiger charge is -2.16. The highest BCUT2D eigenvalue weighted by Gasteiger charge is 2.31. The summed E-state index contributed by atoms with van der Waals surface area (Å²) >= 11 is 1.62. The summed E-state index contributed by atoms with van der Waals surface area (Å²) in [5, 5.41) is 0. The van der Waals surface area contributed by atoms with Crippen LogP contribution in [-0.2, 0) is 9.53 Å². The van der Waals surface area contributed by atoms with Crippen molar-refractivity contribution in [3.63, 3.8) is 0 Å². The molecule has 0 radical (unpaired) electrons. The Kier molecular flexibility index (Phi) is 4.25. The zero-order valence-corrected chi connectivity index (χ0v) is 11.0. The summed E-state index contributed by atoms with van der Waals surface area (Å²) in [5.41, 5.74) is 0. The van der Waals surface area contributed by atoms with E-state index in [1.807, 2.05) is 37.3 Å². The summed E-state index contributed by atoms with van der Waals surface area (Å²) < 4.78 is 4.76. The monoisotopic (exact) mass is 265 g/mol. The van der Waals surface area contributed by atoms with Crippen molar-refractivity contribution in [2.24, 2.45) is 5.92 Å². The van der Waals surface area contributed by atoms with E-state index in [2.05, 4.69) is 0 Å². The number of ether oxygens (including phenoxy) is 1. The second-order valence-corrected chi connectivity index (χ2v) is 5.22. The fourth-order valence-electron chi connectivity index (χ4n) is 1.67. The molecule has 18 heavy (non-hydrogen) atoms. The van der Waals surface area contributed by atoms with Crippen LogP contribution >= 0.6 is 11.8 Å². The first kappa shape index (κ1) is 13.0. The zero-order chi connectivity index (χ0) is 13.0. The number of cyclic esters (lactones) is 1. The lowest BCUT2D eigenvalue weighted by molar-refractivity contribution is -0.130. The van der Waals surface area contributed by atoms with Gasteiger partial charge in [0.2, 0.25) is 5.91 Å². The van der Waals surface area contributed by atoms with Gasteiger partial charge in [0.05, 0.1) is 6.54 Å². The first-order chi connectivity index (χ1) is 8.68. The molecular formula is C13H15NO3S. The third kappa shape index (κ3) is 3.04. The average Bonchev–Trinajstić information content (AvgIpc) is 2.82. The Bertz CT molecular complexity index is 435. The number of amides is 2. The average molecular weight is 265 g/mol. The Hall–Kier alpha value is -1.49. The Morgan fingerprint density at radius 1 is 1.44 bits per heavy atom. The molecule has 1 aromatic rings. The predicted octanol–water partition coefficient (Wildman–Crippen LogP) is 2.39. The van der Waals surface area contributed by atoms with Crippen LogP contribution < -0.4 is 0 Å². The summed E-state index contributed by atoms with van der Waals surface area (Å²) in [6, 6.07) is 9.90. The van der Waals surface area contributed by atoms with Crippen molar-refractivity contribution in [3.05, 3.63) is 30.3 Å². The Balaban J connectivity index is 1.86. The third-order valence-corrected chi connectivity index (χ3v) is 3.96. The quantitative estimate of drug-likeness (QED) is 0.784. The number of hydrogen-bond donors (Lipinski definition) is 0. The van der Waals surface area contributed by atoms with E-state index in [1.54, 1.807) is 11.8 Å². The molecule has 2 rings (SSSR count). The molecule has 0 N–H and O–H groups in total. The highest BCUT2D eigenvalue weighted by Crippen LogP contribution is 2.21. The Labute approximate surface area is 110 Å². The minimum absolute atomic E-state index is 0.152. The second kappa shape index (κ2) is 5.91. The molecule has 1 aliphatic rings. The Morgan fingerprint density at radius 2 is 2.17 bits per heavy atom. The number of carbonyl (C=O) groups is 2. The maximum atomic E-state index is 12.0. The standard InChI is InChI=1S/C13H15NO3S/c1-10(9-18-11-5-3-2-4-6-11)12(15)14-7-8-17-13(14)16/h2-6,10H,7-9H2,1H3/t10-/m0/s1. The molecule has 1 fully saturated rings. The van der Waals surface area contributed by atoms with Crippen LogP contribution in [0.3, 0.4) is 0 Å². The van der Waals surface area contributed by atoms with Crippen molar-refractivity contribution in [2.75, 3.05) is 18.9 Å². The molecule has 96 valence electrons. The minimum Gasteiger partial charge on any atom is -0.447 e. The van der Waals surface area contributed by atoms with Gasteiger partial charge >= 0.3 is 6.09 Å². The van der Waals surface area contributed by atoms with Crippen molar-refractivity contribution in [2.45, 2.75) is 11.8 Å². The smallest absolute Gasteiger partial charge is 0.416 e. The molecule has 1 heterocycles. The van der Waals surface area contributed by atoms with Gasteiger partial charge in [0, 0.05) is 16.6 Å². The van der Waals surface area contributed by atoms with Gasteiger partial charge in [-0.15, -0.1) is 11.8 Å². The molecule has 0 unspecified atom stereocenters. The molecule has 5 heteroatoms. The summed E-state index contributed by atoms with van der Waals surface area (Å²) in [5.74, 6) is 0.314. The van der Waals surface area contributed by atoms with Crippen molar-refractivity contribution in [1.82, 2.24) is 4.90 Å². The Morgan fingerprint density at radius 3 is 2.78 bits per heavy atom. The van der Waals surface area contributed by atoms with Crippen molar-refractivity contribution >= 4 is 23.8 Å². The van der Waals surface area contributed by atoms with E-state index < -0.39 is 6.09 Å². The largest absolute Gasteiger partial charge is 0.447 e. The van der Waals surface area contributed by atoms with Gasteiger partial charge in [-0.1, -0.05) is 25.1 Å². The molecule has 1 saturated heterocycles. The summed E-state index contributed by atoms with van der Waals surface area (Å²) in [7, 11) is 0. The first-order valence-electron chi connectivity index (χ1n) is 5.84. The van der Waals surface area contributed by atoms with E-state index in [0.29, 0.717) is 18.9 Å². The molecule has 0 aliphatic carbocycles. The highest BCUT2D eigenvalue weighted by atomic mass is 32.2. The van der Waals surface area contributed by atoms with Gasteiger partial charge in [-0.05, 0) is 12.1 Å². The van der Waals surface area contributed by atoms with Crippen LogP contribution in [0.1, 0.15) is 6.92 Å². The topological polar surface area (TPSA) is 46.6 Å². The fourth-order valence-corrected chi connectivity index (χ4v) is 2.60. The van der Waals surface area contributed by atoms with E-state index in [4.69, 9.17) is 4.74 Å². The van der Waals surface area contributed by atoms with Gasteiger partial charge in [-0.2, -0.15) is 0 Å². The van der Waals surface area contributed by atoms with Gasteiger partial charge in [0.25, 0.3) is 0 Å². The number of carbonyl (C=O) groups excluding carboxylic acids is 2. The van der Waals surface area contributed by atoms with Crippen LogP contribution in [0, 0.1) is 5.92 Å². The molecule has 1 aromatic carbocycles. The molecule has 1 aliphatic heterocycles. The van der Waals surface area contributed by atoms with Crippen LogP contribution in [-0.4, -0.2) is 35.8 Å². The van der Waals surface area contributed by atoms with Crippen LogP contribution in [0.2, 0.25) is 0 Å². The predicted molar refractivity (Wildman–Crippen MR) is 69.4 cm³/mol. The molecule has 2 amide bonds. The maximum Gasteiger partial charge on any atom is 0.416 e. The molecule has 0 bridgehead atoms. The van der Waals surface area contributed by atoms with E-state index in [0.717, 1.165) is 4.90 Å². The molecule has 0 spiro atoms. The van der Waals surface area contributed by atoms with Gasteiger partial charge in [-0.3, -0.25) is 4.79 Å². The van der Waals surface area contributed by atoms with E-state index in [1.165, 1.54) is 4.90 Å². The maximum absolute atomic E-state index is 12.0. The molecule has 0 saturated carbocycles. The summed E-state index contributed by atoms with van der Waals surface area (Å²) in [6.45, 7) is 2.52.